The normalized spacial score (nSPS) is 19.9. The molecule has 0 saturated carbocycles. The summed E-state index contributed by atoms with van der Waals surface area (Å²) in [4.78, 5) is 8.67. The Balaban J connectivity index is 2.24. The molecule has 1 aromatic rings. The largest absolute Gasteiger partial charge is 0.471 e. The first-order valence-electron chi connectivity index (χ1n) is 5.86. The van der Waals surface area contributed by atoms with E-state index in [1.165, 1.54) is 0 Å². The summed E-state index contributed by atoms with van der Waals surface area (Å²) in [5.41, 5.74) is 0.794. The Bertz CT molecular complexity index is 404. The van der Waals surface area contributed by atoms with Crippen molar-refractivity contribution in [2.24, 2.45) is 0 Å². The van der Waals surface area contributed by atoms with E-state index in [2.05, 4.69) is 9.97 Å². The molecule has 0 amide bonds. The third-order valence-electron chi connectivity index (χ3n) is 2.74. The molecule has 0 radical (unpaired) electrons. The van der Waals surface area contributed by atoms with Crippen molar-refractivity contribution in [3.63, 3.8) is 0 Å². The van der Waals surface area contributed by atoms with Crippen molar-refractivity contribution in [2.75, 3.05) is 13.2 Å². The van der Waals surface area contributed by atoms with E-state index >= 15 is 0 Å². The van der Waals surface area contributed by atoms with Gasteiger partial charge >= 0.3 is 0 Å². The second-order valence-corrected chi connectivity index (χ2v) is 4.92. The van der Waals surface area contributed by atoms with E-state index in [1.807, 2.05) is 20.8 Å². The summed E-state index contributed by atoms with van der Waals surface area (Å²) in [6, 6.07) is 0. The Morgan fingerprint density at radius 2 is 2.18 bits per heavy atom. The Labute approximate surface area is 106 Å². The van der Waals surface area contributed by atoms with Crippen LogP contribution in [-0.4, -0.2) is 29.3 Å². The molecular weight excluding hydrogens is 240 g/mol. The molecule has 1 aromatic heterocycles. The topological polar surface area (TPSA) is 44.2 Å². The molecule has 1 aliphatic rings. The van der Waals surface area contributed by atoms with Crippen LogP contribution in [0.1, 0.15) is 37.6 Å². The molecule has 1 atom stereocenters. The number of hydrogen-bond acceptors (Lipinski definition) is 4. The second-order valence-electron chi connectivity index (χ2n) is 4.56. The molecule has 1 unspecified atom stereocenters. The molecule has 0 aromatic carbocycles. The lowest BCUT2D eigenvalue weighted by molar-refractivity contribution is 0.137. The number of rotatable bonds is 3. The minimum absolute atomic E-state index is 0.0830. The van der Waals surface area contributed by atoms with Crippen molar-refractivity contribution in [3.05, 3.63) is 16.5 Å². The Morgan fingerprint density at radius 3 is 2.76 bits per heavy atom. The fraction of sp³-hybridized carbons (Fsp3) is 0.667. The van der Waals surface area contributed by atoms with E-state index in [1.54, 1.807) is 0 Å². The van der Waals surface area contributed by atoms with Gasteiger partial charge in [0.1, 0.15) is 17.1 Å². The van der Waals surface area contributed by atoms with E-state index in [0.717, 1.165) is 24.4 Å². The lowest BCUT2D eigenvalue weighted by atomic mass is 10.2. The molecule has 1 saturated heterocycles. The maximum atomic E-state index is 6.09. The Hall–Kier alpha value is -0.870. The number of aromatic nitrogens is 2. The first kappa shape index (κ1) is 12.6. The maximum absolute atomic E-state index is 6.09. The molecule has 0 aliphatic carbocycles. The average Bonchev–Trinajstić information content (AvgIpc) is 2.77. The highest BCUT2D eigenvalue weighted by molar-refractivity contribution is 6.30. The molecule has 1 fully saturated rings. The van der Waals surface area contributed by atoms with E-state index in [-0.39, 0.29) is 12.0 Å². The van der Waals surface area contributed by atoms with Crippen molar-refractivity contribution < 1.29 is 9.47 Å². The highest BCUT2D eigenvalue weighted by Crippen LogP contribution is 2.26. The van der Waals surface area contributed by atoms with Gasteiger partial charge in [-0.15, -0.1) is 0 Å². The van der Waals surface area contributed by atoms with Gasteiger partial charge < -0.3 is 9.47 Å². The fourth-order valence-electron chi connectivity index (χ4n) is 1.62. The zero-order valence-corrected chi connectivity index (χ0v) is 11.1. The van der Waals surface area contributed by atoms with Crippen molar-refractivity contribution in [3.8, 4) is 5.88 Å². The average molecular weight is 257 g/mol. The molecule has 2 heterocycles. The van der Waals surface area contributed by atoms with Crippen molar-refractivity contribution in [1.82, 2.24) is 9.97 Å². The van der Waals surface area contributed by atoms with E-state index < -0.39 is 0 Å². The highest BCUT2D eigenvalue weighted by atomic mass is 35.5. The van der Waals surface area contributed by atoms with Crippen LogP contribution in [0, 0.1) is 6.92 Å². The Morgan fingerprint density at radius 1 is 1.41 bits per heavy atom. The van der Waals surface area contributed by atoms with Gasteiger partial charge in [-0.1, -0.05) is 25.4 Å². The minimum Gasteiger partial charge on any atom is -0.471 e. The van der Waals surface area contributed by atoms with Crippen LogP contribution >= 0.6 is 11.6 Å². The lowest BCUT2D eigenvalue weighted by Gasteiger charge is -2.15. The minimum atomic E-state index is 0.0830. The van der Waals surface area contributed by atoms with Crippen LogP contribution in [0.2, 0.25) is 5.15 Å². The van der Waals surface area contributed by atoms with Gasteiger partial charge in [-0.05, 0) is 6.92 Å². The summed E-state index contributed by atoms with van der Waals surface area (Å²) in [7, 11) is 0. The summed E-state index contributed by atoms with van der Waals surface area (Å²) in [6.45, 7) is 7.31. The number of ether oxygens (including phenoxy) is 2. The van der Waals surface area contributed by atoms with Gasteiger partial charge in [0.05, 0.1) is 13.2 Å². The van der Waals surface area contributed by atoms with Gasteiger partial charge in [-0.25, -0.2) is 4.98 Å². The van der Waals surface area contributed by atoms with Gasteiger partial charge in [0.25, 0.3) is 0 Å². The summed E-state index contributed by atoms with van der Waals surface area (Å²) >= 11 is 6.09. The van der Waals surface area contributed by atoms with Crippen molar-refractivity contribution >= 4 is 11.6 Å². The standard InChI is InChI=1S/C12H17ClN2O2/c1-7(2)11-14-10(13)8(3)12(15-11)17-9-4-5-16-6-9/h7,9H,4-6H2,1-3H3. The van der Waals surface area contributed by atoms with Gasteiger partial charge in [-0.3, -0.25) is 0 Å². The number of halogens is 1. The lowest BCUT2D eigenvalue weighted by Crippen LogP contribution is -2.18. The predicted molar refractivity (Wildman–Crippen MR) is 65.7 cm³/mol. The Kier molecular flexibility index (Phi) is 3.84. The third kappa shape index (κ3) is 2.87. The molecule has 0 spiro atoms. The van der Waals surface area contributed by atoms with Crippen LogP contribution in [0.25, 0.3) is 0 Å². The van der Waals surface area contributed by atoms with Gasteiger partial charge in [0.15, 0.2) is 0 Å². The van der Waals surface area contributed by atoms with Crippen LogP contribution in [0.4, 0.5) is 0 Å². The van der Waals surface area contributed by atoms with Crippen LogP contribution < -0.4 is 4.74 Å². The molecule has 94 valence electrons. The molecule has 17 heavy (non-hydrogen) atoms. The number of nitrogens with zero attached hydrogens (tertiary/aromatic N) is 2. The monoisotopic (exact) mass is 256 g/mol. The summed E-state index contributed by atoms with van der Waals surface area (Å²) in [5, 5.41) is 0.470. The molecule has 2 rings (SSSR count). The zero-order chi connectivity index (χ0) is 12.4. The summed E-state index contributed by atoms with van der Waals surface area (Å²) in [6.07, 6.45) is 0.984. The molecule has 0 N–H and O–H groups in total. The molecule has 4 nitrogen and oxygen atoms in total. The van der Waals surface area contributed by atoms with E-state index in [4.69, 9.17) is 21.1 Å². The third-order valence-corrected chi connectivity index (χ3v) is 3.11. The van der Waals surface area contributed by atoms with Crippen LogP contribution in [0.5, 0.6) is 5.88 Å². The van der Waals surface area contributed by atoms with Crippen LogP contribution in [0.3, 0.4) is 0 Å². The van der Waals surface area contributed by atoms with E-state index in [0.29, 0.717) is 17.6 Å². The quantitative estimate of drug-likeness (QED) is 0.780. The van der Waals surface area contributed by atoms with Gasteiger partial charge in [-0.2, -0.15) is 4.98 Å². The second kappa shape index (κ2) is 5.19. The van der Waals surface area contributed by atoms with E-state index in [9.17, 15) is 0 Å². The first-order valence-corrected chi connectivity index (χ1v) is 6.24. The number of hydrogen-bond donors (Lipinski definition) is 0. The smallest absolute Gasteiger partial charge is 0.221 e. The molecular formula is C12H17ClN2O2. The van der Waals surface area contributed by atoms with Gasteiger partial charge in [0, 0.05) is 17.9 Å². The fourth-order valence-corrected chi connectivity index (χ4v) is 1.79. The first-order chi connectivity index (χ1) is 8.08. The van der Waals surface area contributed by atoms with Crippen LogP contribution in [-0.2, 0) is 4.74 Å². The molecule has 0 bridgehead atoms. The SMILES string of the molecule is Cc1c(Cl)nc(C(C)C)nc1OC1CCOC1. The van der Waals surface area contributed by atoms with Crippen molar-refractivity contribution in [2.45, 2.75) is 39.2 Å². The maximum Gasteiger partial charge on any atom is 0.221 e. The van der Waals surface area contributed by atoms with Gasteiger partial charge in [0.2, 0.25) is 5.88 Å². The summed E-state index contributed by atoms with van der Waals surface area (Å²) in [5.74, 6) is 1.54. The van der Waals surface area contributed by atoms with Crippen LogP contribution in [0.15, 0.2) is 0 Å². The zero-order valence-electron chi connectivity index (χ0n) is 10.4. The van der Waals surface area contributed by atoms with Crippen molar-refractivity contribution in [1.29, 1.82) is 0 Å². The summed E-state index contributed by atoms with van der Waals surface area (Å²) < 4.78 is 11.1. The predicted octanol–water partition coefficient (Wildman–Crippen LogP) is 2.73. The highest BCUT2D eigenvalue weighted by Gasteiger charge is 2.20. The molecule has 5 heteroatoms. The molecule has 1 aliphatic heterocycles.